The van der Waals surface area contributed by atoms with E-state index in [0.717, 1.165) is 12.0 Å². The van der Waals surface area contributed by atoms with E-state index in [2.05, 4.69) is 10.6 Å². The Bertz CT molecular complexity index is 601. The molecule has 2 rings (SSSR count). The van der Waals surface area contributed by atoms with Crippen molar-refractivity contribution in [2.24, 2.45) is 0 Å². The fourth-order valence-electron chi connectivity index (χ4n) is 2.94. The number of carbonyl (C=O) groups is 3. The molecule has 23 heavy (non-hydrogen) atoms. The first-order valence-corrected chi connectivity index (χ1v) is 7.85. The first kappa shape index (κ1) is 17.0. The summed E-state index contributed by atoms with van der Waals surface area (Å²) in [6, 6.07) is 7.69. The largest absolute Gasteiger partial charge is 0.359 e. The van der Waals surface area contributed by atoms with Crippen molar-refractivity contribution >= 4 is 17.7 Å². The number of nitrogens with zero attached hydrogens (tertiary/aromatic N) is 1. The van der Waals surface area contributed by atoms with Crippen molar-refractivity contribution in [1.29, 1.82) is 0 Å². The molecule has 0 spiro atoms. The highest BCUT2D eigenvalue weighted by molar-refractivity contribution is 5.80. The lowest BCUT2D eigenvalue weighted by Gasteiger charge is -2.36. The molecular formula is C17H23N3O3. The van der Waals surface area contributed by atoms with Crippen molar-refractivity contribution in [3.8, 4) is 0 Å². The zero-order chi connectivity index (χ0) is 16.8. The molecule has 0 saturated heterocycles. The second-order valence-corrected chi connectivity index (χ2v) is 5.65. The van der Waals surface area contributed by atoms with E-state index in [0.29, 0.717) is 13.1 Å². The number of fused-ring (bicyclic) bond motifs is 1. The van der Waals surface area contributed by atoms with Gasteiger partial charge in [-0.05, 0) is 17.5 Å². The standard InChI is InChI=1S/C17H23N3O3/c1-12(21)20-10-8-13-5-3-4-6-14(13)15(20)11-17(23)19-9-7-16(22)18-2/h3-6,15H,7-11H2,1-2H3,(H,18,22)(H,19,23). The number of nitrogens with one attached hydrogen (secondary N) is 2. The molecule has 0 aliphatic carbocycles. The predicted octanol–water partition coefficient (Wildman–Crippen LogP) is 0.775. The van der Waals surface area contributed by atoms with Gasteiger partial charge >= 0.3 is 0 Å². The quantitative estimate of drug-likeness (QED) is 0.842. The predicted molar refractivity (Wildman–Crippen MR) is 86.6 cm³/mol. The van der Waals surface area contributed by atoms with Crippen LogP contribution in [0.1, 0.15) is 36.9 Å². The summed E-state index contributed by atoms with van der Waals surface area (Å²) in [6.07, 6.45) is 1.27. The van der Waals surface area contributed by atoms with Crippen LogP contribution in [0.5, 0.6) is 0 Å². The number of hydrogen-bond acceptors (Lipinski definition) is 3. The highest BCUT2D eigenvalue weighted by Crippen LogP contribution is 2.32. The van der Waals surface area contributed by atoms with E-state index in [4.69, 9.17) is 0 Å². The minimum atomic E-state index is -0.238. The van der Waals surface area contributed by atoms with Crippen LogP contribution in [0.2, 0.25) is 0 Å². The average Bonchev–Trinajstić information content (AvgIpc) is 2.54. The van der Waals surface area contributed by atoms with Crippen molar-refractivity contribution < 1.29 is 14.4 Å². The Kier molecular flexibility index (Phi) is 5.73. The van der Waals surface area contributed by atoms with Gasteiger partial charge in [0.25, 0.3) is 0 Å². The summed E-state index contributed by atoms with van der Waals surface area (Å²) in [4.78, 5) is 37.0. The molecule has 6 heteroatoms. The number of rotatable bonds is 5. The Morgan fingerprint density at radius 3 is 2.65 bits per heavy atom. The maximum atomic E-state index is 12.2. The van der Waals surface area contributed by atoms with Gasteiger partial charge in [0.05, 0.1) is 12.5 Å². The van der Waals surface area contributed by atoms with Gasteiger partial charge in [-0.3, -0.25) is 14.4 Å². The molecule has 0 bridgehead atoms. The number of carbonyl (C=O) groups excluding carboxylic acids is 3. The fraction of sp³-hybridized carbons (Fsp3) is 0.471. The molecule has 3 amide bonds. The average molecular weight is 317 g/mol. The molecule has 6 nitrogen and oxygen atoms in total. The van der Waals surface area contributed by atoms with Crippen LogP contribution < -0.4 is 10.6 Å². The van der Waals surface area contributed by atoms with Gasteiger partial charge < -0.3 is 15.5 Å². The molecular weight excluding hydrogens is 294 g/mol. The molecule has 1 aromatic carbocycles. The van der Waals surface area contributed by atoms with E-state index < -0.39 is 0 Å². The number of amides is 3. The molecule has 1 aliphatic rings. The van der Waals surface area contributed by atoms with E-state index in [1.54, 1.807) is 11.9 Å². The summed E-state index contributed by atoms with van der Waals surface area (Å²) < 4.78 is 0. The minimum Gasteiger partial charge on any atom is -0.359 e. The first-order valence-electron chi connectivity index (χ1n) is 7.85. The van der Waals surface area contributed by atoms with Crippen LogP contribution in [0.25, 0.3) is 0 Å². The van der Waals surface area contributed by atoms with Gasteiger partial charge in [-0.25, -0.2) is 0 Å². The summed E-state index contributed by atoms with van der Waals surface area (Å²) in [5, 5.41) is 5.26. The Morgan fingerprint density at radius 1 is 1.22 bits per heavy atom. The van der Waals surface area contributed by atoms with Gasteiger partial charge in [0.1, 0.15) is 0 Å². The van der Waals surface area contributed by atoms with Crippen LogP contribution in [0.15, 0.2) is 24.3 Å². The summed E-state index contributed by atoms with van der Waals surface area (Å²) in [5.41, 5.74) is 2.23. The smallest absolute Gasteiger partial charge is 0.222 e. The zero-order valence-corrected chi connectivity index (χ0v) is 13.6. The van der Waals surface area contributed by atoms with Gasteiger partial charge in [0.15, 0.2) is 0 Å². The second-order valence-electron chi connectivity index (χ2n) is 5.65. The summed E-state index contributed by atoms with van der Waals surface area (Å²) >= 11 is 0. The minimum absolute atomic E-state index is 0.0253. The topological polar surface area (TPSA) is 78.5 Å². The van der Waals surface area contributed by atoms with Crippen LogP contribution in [0.4, 0.5) is 0 Å². The number of hydrogen-bond donors (Lipinski definition) is 2. The van der Waals surface area contributed by atoms with Crippen LogP contribution >= 0.6 is 0 Å². The molecule has 0 fully saturated rings. The molecule has 0 aromatic heterocycles. The van der Waals surface area contributed by atoms with Crippen LogP contribution in [0, 0.1) is 0 Å². The maximum absolute atomic E-state index is 12.2. The molecule has 2 N–H and O–H groups in total. The van der Waals surface area contributed by atoms with E-state index in [1.807, 2.05) is 24.3 Å². The Labute approximate surface area is 136 Å². The Morgan fingerprint density at radius 2 is 1.96 bits per heavy atom. The normalized spacial score (nSPS) is 16.4. The summed E-state index contributed by atoms with van der Waals surface area (Å²) in [6.45, 7) is 2.46. The van der Waals surface area contributed by atoms with Crippen LogP contribution in [-0.2, 0) is 20.8 Å². The zero-order valence-electron chi connectivity index (χ0n) is 13.6. The summed E-state index contributed by atoms with van der Waals surface area (Å²) in [5.74, 6) is -0.289. The van der Waals surface area contributed by atoms with Gasteiger partial charge in [0.2, 0.25) is 17.7 Å². The monoisotopic (exact) mass is 317 g/mol. The van der Waals surface area contributed by atoms with Crippen LogP contribution in [-0.4, -0.2) is 42.8 Å². The third-order valence-electron chi connectivity index (χ3n) is 4.15. The second kappa shape index (κ2) is 7.76. The molecule has 1 aliphatic heterocycles. The van der Waals surface area contributed by atoms with Crippen LogP contribution in [0.3, 0.4) is 0 Å². The molecule has 0 saturated carbocycles. The number of benzene rings is 1. The third kappa shape index (κ3) is 4.31. The van der Waals surface area contributed by atoms with Gasteiger partial charge in [-0.15, -0.1) is 0 Å². The van der Waals surface area contributed by atoms with Crippen molar-refractivity contribution in [2.75, 3.05) is 20.1 Å². The lowest BCUT2D eigenvalue weighted by atomic mass is 9.90. The Hall–Kier alpha value is -2.37. The van der Waals surface area contributed by atoms with Crippen molar-refractivity contribution in [3.63, 3.8) is 0 Å². The molecule has 124 valence electrons. The fourth-order valence-corrected chi connectivity index (χ4v) is 2.94. The lowest BCUT2D eigenvalue weighted by Crippen LogP contribution is -2.41. The third-order valence-corrected chi connectivity index (χ3v) is 4.15. The molecule has 0 radical (unpaired) electrons. The molecule has 1 aromatic rings. The summed E-state index contributed by atoms with van der Waals surface area (Å²) in [7, 11) is 1.56. The van der Waals surface area contributed by atoms with Gasteiger partial charge in [-0.1, -0.05) is 24.3 Å². The highest BCUT2D eigenvalue weighted by Gasteiger charge is 2.30. The van der Waals surface area contributed by atoms with E-state index in [1.165, 1.54) is 12.5 Å². The molecule has 1 atom stereocenters. The van der Waals surface area contributed by atoms with Crippen molar-refractivity contribution in [1.82, 2.24) is 15.5 Å². The first-order chi connectivity index (χ1) is 11.0. The van der Waals surface area contributed by atoms with E-state index in [-0.39, 0.29) is 36.6 Å². The maximum Gasteiger partial charge on any atom is 0.222 e. The van der Waals surface area contributed by atoms with E-state index in [9.17, 15) is 14.4 Å². The molecule has 1 unspecified atom stereocenters. The SMILES string of the molecule is CNC(=O)CCNC(=O)CC1c2ccccc2CCN1C(C)=O. The van der Waals surface area contributed by atoms with Gasteiger partial charge in [0, 0.05) is 33.5 Å². The highest BCUT2D eigenvalue weighted by atomic mass is 16.2. The van der Waals surface area contributed by atoms with Crippen molar-refractivity contribution in [3.05, 3.63) is 35.4 Å². The van der Waals surface area contributed by atoms with Gasteiger partial charge in [-0.2, -0.15) is 0 Å². The van der Waals surface area contributed by atoms with E-state index >= 15 is 0 Å². The lowest BCUT2D eigenvalue weighted by molar-refractivity contribution is -0.133. The molecule has 1 heterocycles. The van der Waals surface area contributed by atoms with Crippen molar-refractivity contribution in [2.45, 2.75) is 32.2 Å². The Balaban J connectivity index is 2.04.